The van der Waals surface area contributed by atoms with Crippen LogP contribution in [0.2, 0.25) is 5.02 Å². The molecule has 51 heavy (non-hydrogen) atoms. The Balaban J connectivity index is 1.27. The van der Waals surface area contributed by atoms with E-state index in [4.69, 9.17) is 35.3 Å². The van der Waals surface area contributed by atoms with Gasteiger partial charge in [0.25, 0.3) is 0 Å². The van der Waals surface area contributed by atoms with E-state index in [9.17, 15) is 5.26 Å². The first-order valence-electron chi connectivity index (χ1n) is 17.6. The number of rotatable bonds is 15. The smallest absolute Gasteiger partial charge is 0.117 e. The Bertz CT molecular complexity index is 1860. The Labute approximate surface area is 305 Å². The quantitative estimate of drug-likeness (QED) is 0.109. The Morgan fingerprint density at radius 1 is 0.608 bits per heavy atom. The minimum absolute atomic E-state index is 0.268. The van der Waals surface area contributed by atoms with Gasteiger partial charge in [-0.05, 0) is 52.3 Å². The molecule has 1 heterocycles. The van der Waals surface area contributed by atoms with Gasteiger partial charge in [-0.25, -0.2) is 0 Å². The molecule has 1 saturated carbocycles. The van der Waals surface area contributed by atoms with E-state index in [2.05, 4.69) is 30.3 Å². The third-order valence-electron chi connectivity index (χ3n) is 9.68. The Kier molecular flexibility index (Phi) is 11.6. The van der Waals surface area contributed by atoms with Gasteiger partial charge in [-0.2, -0.15) is 5.26 Å². The first-order valence-corrected chi connectivity index (χ1v) is 17.9. The molecule has 0 bridgehead atoms. The van der Waals surface area contributed by atoms with Gasteiger partial charge in [0.15, 0.2) is 0 Å². The third-order valence-corrected chi connectivity index (χ3v) is 10.0. The summed E-state index contributed by atoms with van der Waals surface area (Å²) in [4.78, 5) is 0. The fourth-order valence-corrected chi connectivity index (χ4v) is 7.01. The topological polar surface area (TPSA) is 69.9 Å². The second kappa shape index (κ2) is 16.8. The molecule has 260 valence electrons. The molecule has 7 heteroatoms. The number of benzene rings is 5. The highest BCUT2D eigenvalue weighted by Gasteiger charge is 2.50. The summed E-state index contributed by atoms with van der Waals surface area (Å²) in [5.41, 5.74) is 5.31. The lowest BCUT2D eigenvalue weighted by Gasteiger charge is -2.46. The van der Waals surface area contributed by atoms with Gasteiger partial charge in [-0.1, -0.05) is 145 Å². The van der Waals surface area contributed by atoms with Crippen LogP contribution in [0.15, 0.2) is 140 Å². The zero-order valence-electron chi connectivity index (χ0n) is 28.5. The molecule has 5 unspecified atom stereocenters. The van der Waals surface area contributed by atoms with Gasteiger partial charge in [0.2, 0.25) is 0 Å². The third kappa shape index (κ3) is 8.77. The van der Waals surface area contributed by atoms with E-state index in [1.165, 1.54) is 0 Å². The maximum Gasteiger partial charge on any atom is 0.117 e. The molecule has 6 nitrogen and oxygen atoms in total. The SMILES string of the molecule is N#CC1(c2cc(C3OC(COCc4ccccc4)C(OCc4ccccc4)C(OCc4ccccc4)C3OCc3ccccc3)ccc2Cl)CC1. The fourth-order valence-electron chi connectivity index (χ4n) is 6.71. The summed E-state index contributed by atoms with van der Waals surface area (Å²) in [6.45, 7) is 1.76. The molecule has 1 aliphatic carbocycles. The number of nitrogens with zero attached hydrogens (tertiary/aromatic N) is 1. The van der Waals surface area contributed by atoms with E-state index in [1.807, 2.05) is 115 Å². The summed E-state index contributed by atoms with van der Waals surface area (Å²) in [5.74, 6) is 0. The highest BCUT2D eigenvalue weighted by Crippen LogP contribution is 2.51. The molecule has 0 amide bonds. The average molecular weight is 700 g/mol. The van der Waals surface area contributed by atoms with Crippen molar-refractivity contribution in [3.05, 3.63) is 178 Å². The summed E-state index contributed by atoms with van der Waals surface area (Å²) in [7, 11) is 0. The van der Waals surface area contributed by atoms with Crippen LogP contribution >= 0.6 is 11.6 Å². The van der Waals surface area contributed by atoms with Gasteiger partial charge >= 0.3 is 0 Å². The standard InChI is InChI=1S/C44H42ClNO5/c45-38-22-21-36(25-37(38)44(31-46)23-24-44)40-42(49-28-34-17-9-3-10-18-34)43(50-29-35-19-11-4-12-20-35)41(48-27-33-15-7-2-8-16-33)39(51-40)30-47-26-32-13-5-1-6-14-32/h1-22,25,39-43H,23-24,26-30H2. The van der Waals surface area contributed by atoms with Crippen LogP contribution in [0.25, 0.3) is 0 Å². The van der Waals surface area contributed by atoms with Gasteiger partial charge in [0.1, 0.15) is 30.5 Å². The molecule has 2 fully saturated rings. The first-order chi connectivity index (χ1) is 25.1. The molecule has 0 radical (unpaired) electrons. The minimum atomic E-state index is -0.578. The summed E-state index contributed by atoms with van der Waals surface area (Å²) < 4.78 is 34.0. The molecule has 0 aromatic heterocycles. The molecular weight excluding hydrogens is 658 g/mol. The van der Waals surface area contributed by atoms with Crippen molar-refractivity contribution in [1.29, 1.82) is 5.26 Å². The van der Waals surface area contributed by atoms with Crippen molar-refractivity contribution < 1.29 is 23.7 Å². The molecule has 5 aromatic rings. The number of ether oxygens (including phenoxy) is 5. The number of hydrogen-bond acceptors (Lipinski definition) is 6. The normalized spacial score (nSPS) is 22.2. The van der Waals surface area contributed by atoms with Crippen molar-refractivity contribution in [1.82, 2.24) is 0 Å². The van der Waals surface area contributed by atoms with Crippen LogP contribution in [0, 0.1) is 11.3 Å². The average Bonchev–Trinajstić information content (AvgIpc) is 3.99. The van der Waals surface area contributed by atoms with Gasteiger partial charge in [-0.3, -0.25) is 0 Å². The van der Waals surface area contributed by atoms with Crippen LogP contribution in [-0.4, -0.2) is 31.0 Å². The van der Waals surface area contributed by atoms with Crippen molar-refractivity contribution in [2.75, 3.05) is 6.61 Å². The van der Waals surface area contributed by atoms with E-state index in [0.29, 0.717) is 31.5 Å². The molecule has 5 atom stereocenters. The molecule has 1 aliphatic heterocycles. The van der Waals surface area contributed by atoms with E-state index in [-0.39, 0.29) is 6.61 Å². The van der Waals surface area contributed by atoms with Crippen LogP contribution in [0.5, 0.6) is 0 Å². The van der Waals surface area contributed by atoms with Gasteiger partial charge in [-0.15, -0.1) is 0 Å². The molecule has 5 aromatic carbocycles. The number of halogens is 1. The van der Waals surface area contributed by atoms with E-state index in [0.717, 1.165) is 46.2 Å². The predicted molar refractivity (Wildman–Crippen MR) is 197 cm³/mol. The van der Waals surface area contributed by atoms with Gasteiger partial charge in [0.05, 0.1) is 44.5 Å². The van der Waals surface area contributed by atoms with Crippen molar-refractivity contribution in [2.45, 2.75) is 75.2 Å². The summed E-state index contributed by atoms with van der Waals surface area (Å²) in [5, 5.41) is 10.7. The summed E-state index contributed by atoms with van der Waals surface area (Å²) >= 11 is 6.75. The Morgan fingerprint density at radius 2 is 1.08 bits per heavy atom. The molecule has 1 saturated heterocycles. The van der Waals surface area contributed by atoms with Crippen molar-refractivity contribution in [3.63, 3.8) is 0 Å². The second-order valence-corrected chi connectivity index (χ2v) is 13.7. The predicted octanol–water partition coefficient (Wildman–Crippen LogP) is 9.31. The molecular formula is C44H42ClNO5. The second-order valence-electron chi connectivity index (χ2n) is 13.3. The lowest BCUT2D eigenvalue weighted by molar-refractivity contribution is -0.275. The molecule has 7 rings (SSSR count). The van der Waals surface area contributed by atoms with Crippen LogP contribution in [0.1, 0.15) is 52.3 Å². The van der Waals surface area contributed by atoms with Gasteiger partial charge in [0, 0.05) is 5.02 Å². The highest BCUT2D eigenvalue weighted by molar-refractivity contribution is 6.31. The van der Waals surface area contributed by atoms with E-state index < -0.39 is 35.9 Å². The van der Waals surface area contributed by atoms with Crippen LogP contribution in [-0.2, 0) is 55.5 Å². The minimum Gasteiger partial charge on any atom is -0.374 e. The number of hydrogen-bond donors (Lipinski definition) is 0. The first kappa shape index (κ1) is 35.1. The largest absolute Gasteiger partial charge is 0.374 e. The molecule has 0 N–H and O–H groups in total. The zero-order chi connectivity index (χ0) is 34.9. The fraction of sp³-hybridized carbons (Fsp3) is 0.295. The van der Waals surface area contributed by atoms with E-state index in [1.54, 1.807) is 0 Å². The van der Waals surface area contributed by atoms with Gasteiger partial charge < -0.3 is 23.7 Å². The highest BCUT2D eigenvalue weighted by atomic mass is 35.5. The molecule has 2 aliphatic rings. The zero-order valence-corrected chi connectivity index (χ0v) is 29.2. The number of nitriles is 1. The van der Waals surface area contributed by atoms with Crippen molar-refractivity contribution >= 4 is 11.6 Å². The van der Waals surface area contributed by atoms with Crippen LogP contribution in [0.3, 0.4) is 0 Å². The maximum atomic E-state index is 10.1. The maximum absolute atomic E-state index is 10.1. The van der Waals surface area contributed by atoms with Crippen molar-refractivity contribution in [2.24, 2.45) is 0 Å². The summed E-state index contributed by atoms with van der Waals surface area (Å²) in [6, 6.07) is 48.8. The van der Waals surface area contributed by atoms with Crippen LogP contribution in [0.4, 0.5) is 0 Å². The Hall–Kier alpha value is -4.32. The Morgan fingerprint density at radius 3 is 1.57 bits per heavy atom. The lowest BCUT2D eigenvalue weighted by Crippen LogP contribution is -2.58. The van der Waals surface area contributed by atoms with E-state index >= 15 is 0 Å². The molecule has 0 spiro atoms. The van der Waals surface area contributed by atoms with Crippen LogP contribution < -0.4 is 0 Å². The van der Waals surface area contributed by atoms with Crippen molar-refractivity contribution in [3.8, 4) is 6.07 Å². The monoisotopic (exact) mass is 699 g/mol. The summed E-state index contributed by atoms with van der Waals surface area (Å²) in [6.07, 6.45) is -1.19. The lowest BCUT2D eigenvalue weighted by atomic mass is 9.88.